The van der Waals surface area contributed by atoms with E-state index in [2.05, 4.69) is 34.3 Å². The van der Waals surface area contributed by atoms with E-state index in [9.17, 15) is 8.42 Å². The maximum absolute atomic E-state index is 13.2. The van der Waals surface area contributed by atoms with Crippen LogP contribution in [0.15, 0.2) is 77.7 Å². The predicted molar refractivity (Wildman–Crippen MR) is 142 cm³/mol. The number of benzene rings is 3. The van der Waals surface area contributed by atoms with Gasteiger partial charge in [0.2, 0.25) is 0 Å². The van der Waals surface area contributed by atoms with Crippen molar-refractivity contribution in [1.29, 1.82) is 0 Å². The van der Waals surface area contributed by atoms with Gasteiger partial charge in [-0.25, -0.2) is 8.42 Å². The molecule has 5 rings (SSSR count). The highest BCUT2D eigenvalue weighted by molar-refractivity contribution is 7.92. The summed E-state index contributed by atoms with van der Waals surface area (Å²) in [5.41, 5.74) is 5.97. The van der Waals surface area contributed by atoms with Gasteiger partial charge in [0.25, 0.3) is 10.0 Å². The maximum Gasteiger partial charge on any atom is 0.261 e. The summed E-state index contributed by atoms with van der Waals surface area (Å²) in [4.78, 5) is 0.281. The molecule has 3 atom stereocenters. The first kappa shape index (κ1) is 23.5. The van der Waals surface area contributed by atoms with Crippen molar-refractivity contribution >= 4 is 21.4 Å². The van der Waals surface area contributed by atoms with E-state index in [-0.39, 0.29) is 23.0 Å². The molecule has 1 aliphatic heterocycles. The molecule has 0 saturated heterocycles. The number of hydrogen-bond donors (Lipinski definition) is 2. The fraction of sp³-hybridized carbons (Fsp3) is 0.310. The van der Waals surface area contributed by atoms with E-state index in [0.717, 1.165) is 34.5 Å². The molecule has 182 valence electrons. The highest BCUT2D eigenvalue weighted by Gasteiger charge is 2.38. The Kier molecular flexibility index (Phi) is 6.09. The molecule has 3 aromatic carbocycles. The minimum Gasteiger partial charge on any atom is -0.491 e. The normalized spacial score (nSPS) is 20.8. The molecule has 2 aliphatic rings. The van der Waals surface area contributed by atoms with Gasteiger partial charge in [-0.05, 0) is 105 Å². The van der Waals surface area contributed by atoms with Crippen LogP contribution in [0.1, 0.15) is 54.5 Å². The number of sulfonamides is 1. The smallest absolute Gasteiger partial charge is 0.261 e. The van der Waals surface area contributed by atoms with Crippen LogP contribution in [0.4, 0.5) is 11.4 Å². The summed E-state index contributed by atoms with van der Waals surface area (Å²) in [5, 5.41) is 3.69. The average Bonchev–Trinajstić information content (AvgIpc) is 3.31. The molecule has 0 unspecified atom stereocenters. The van der Waals surface area contributed by atoms with Gasteiger partial charge in [0, 0.05) is 17.3 Å². The van der Waals surface area contributed by atoms with Crippen LogP contribution in [0.3, 0.4) is 0 Å². The largest absolute Gasteiger partial charge is 0.491 e. The molecule has 0 radical (unpaired) electrons. The molecule has 3 aromatic rings. The lowest BCUT2D eigenvalue weighted by atomic mass is 9.77. The first-order valence-corrected chi connectivity index (χ1v) is 13.6. The van der Waals surface area contributed by atoms with Crippen LogP contribution in [-0.4, -0.2) is 14.5 Å². The summed E-state index contributed by atoms with van der Waals surface area (Å²) in [6, 6.07) is 19.5. The Morgan fingerprint density at radius 1 is 0.971 bits per heavy atom. The van der Waals surface area contributed by atoms with Crippen molar-refractivity contribution in [3.05, 3.63) is 95.1 Å². The number of allylic oxidation sites excluding steroid dienone is 2. The number of fused-ring (bicyclic) bond motifs is 3. The topological polar surface area (TPSA) is 67.4 Å². The van der Waals surface area contributed by atoms with Gasteiger partial charge in [-0.2, -0.15) is 0 Å². The average molecular weight is 489 g/mol. The number of anilines is 2. The van der Waals surface area contributed by atoms with Crippen molar-refractivity contribution in [2.45, 2.75) is 57.1 Å². The molecule has 0 fully saturated rings. The van der Waals surface area contributed by atoms with Gasteiger partial charge < -0.3 is 10.1 Å². The zero-order chi connectivity index (χ0) is 24.7. The van der Waals surface area contributed by atoms with Crippen LogP contribution in [0, 0.1) is 19.8 Å². The van der Waals surface area contributed by atoms with Crippen molar-refractivity contribution in [1.82, 2.24) is 0 Å². The molecule has 0 saturated carbocycles. The molecule has 2 N–H and O–H groups in total. The zero-order valence-electron chi connectivity index (χ0n) is 20.6. The van der Waals surface area contributed by atoms with Gasteiger partial charge in [-0.15, -0.1) is 0 Å². The Labute approximate surface area is 208 Å². The molecule has 1 aliphatic carbocycles. The molecule has 0 spiro atoms. The minimum absolute atomic E-state index is 0.138. The van der Waals surface area contributed by atoms with Gasteiger partial charge in [0.15, 0.2) is 0 Å². The summed E-state index contributed by atoms with van der Waals surface area (Å²) in [6.45, 7) is 8.03. The number of ether oxygens (including phenoxy) is 1. The first-order chi connectivity index (χ1) is 16.7. The van der Waals surface area contributed by atoms with Gasteiger partial charge in [0.05, 0.1) is 17.0 Å². The minimum atomic E-state index is -3.70. The predicted octanol–water partition coefficient (Wildman–Crippen LogP) is 6.72. The van der Waals surface area contributed by atoms with Crippen molar-refractivity contribution < 1.29 is 13.2 Å². The Hall–Kier alpha value is -3.25. The lowest BCUT2D eigenvalue weighted by Crippen LogP contribution is -2.29. The molecule has 0 amide bonds. The molecule has 0 bridgehead atoms. The van der Waals surface area contributed by atoms with Crippen molar-refractivity contribution in [3.8, 4) is 5.75 Å². The third-order valence-corrected chi connectivity index (χ3v) is 8.39. The van der Waals surface area contributed by atoms with Gasteiger partial charge in [0.1, 0.15) is 5.75 Å². The number of rotatable bonds is 6. The maximum atomic E-state index is 13.2. The van der Waals surface area contributed by atoms with Crippen molar-refractivity contribution in [2.75, 3.05) is 10.0 Å². The summed E-state index contributed by atoms with van der Waals surface area (Å²) < 4.78 is 35.0. The second-order valence-electron chi connectivity index (χ2n) is 9.86. The van der Waals surface area contributed by atoms with Crippen molar-refractivity contribution in [2.24, 2.45) is 5.92 Å². The van der Waals surface area contributed by atoms with Crippen molar-refractivity contribution in [3.63, 3.8) is 0 Å². The van der Waals surface area contributed by atoms with Crippen LogP contribution in [0.25, 0.3) is 0 Å². The fourth-order valence-corrected chi connectivity index (χ4v) is 6.20. The summed E-state index contributed by atoms with van der Waals surface area (Å²) in [6.07, 6.45) is 5.52. The monoisotopic (exact) mass is 488 g/mol. The molecular formula is C29H32N2O3S. The van der Waals surface area contributed by atoms with E-state index in [1.165, 1.54) is 5.56 Å². The number of nitrogens with one attached hydrogen (secondary N) is 2. The first-order valence-electron chi connectivity index (χ1n) is 12.1. The number of aryl methyl sites for hydroxylation is 2. The summed E-state index contributed by atoms with van der Waals surface area (Å²) in [7, 11) is -3.70. The summed E-state index contributed by atoms with van der Waals surface area (Å²) in [5.74, 6) is 1.36. The molecular weight excluding hydrogens is 456 g/mol. The van der Waals surface area contributed by atoms with Crippen LogP contribution in [-0.2, 0) is 10.0 Å². The number of hydrogen-bond acceptors (Lipinski definition) is 4. The Balaban J connectivity index is 1.43. The zero-order valence-corrected chi connectivity index (χ0v) is 21.4. The summed E-state index contributed by atoms with van der Waals surface area (Å²) >= 11 is 0. The lowest BCUT2D eigenvalue weighted by molar-refractivity contribution is 0.242. The van der Waals surface area contributed by atoms with E-state index in [0.29, 0.717) is 11.6 Å². The third-order valence-electron chi connectivity index (χ3n) is 7.01. The van der Waals surface area contributed by atoms with E-state index in [1.54, 1.807) is 12.1 Å². The van der Waals surface area contributed by atoms with Crippen LogP contribution in [0.2, 0.25) is 0 Å². The van der Waals surface area contributed by atoms with Gasteiger partial charge >= 0.3 is 0 Å². The van der Waals surface area contributed by atoms with E-state index in [1.807, 2.05) is 64.1 Å². The molecule has 1 heterocycles. The third kappa shape index (κ3) is 4.67. The highest BCUT2D eigenvalue weighted by Crippen LogP contribution is 2.50. The van der Waals surface area contributed by atoms with E-state index in [4.69, 9.17) is 4.74 Å². The second kappa shape index (κ2) is 9.08. The Morgan fingerprint density at radius 2 is 1.74 bits per heavy atom. The van der Waals surface area contributed by atoms with Crippen LogP contribution in [0.5, 0.6) is 5.75 Å². The van der Waals surface area contributed by atoms with E-state index >= 15 is 0 Å². The van der Waals surface area contributed by atoms with Gasteiger partial charge in [-0.3, -0.25) is 4.72 Å². The lowest BCUT2D eigenvalue weighted by Gasteiger charge is -2.37. The second-order valence-corrected chi connectivity index (χ2v) is 11.5. The quantitative estimate of drug-likeness (QED) is 0.378. The van der Waals surface area contributed by atoms with Crippen LogP contribution >= 0.6 is 0 Å². The molecule has 0 aromatic heterocycles. The SMILES string of the molecule is Cc1ccc(NS(=O)(=O)c2ccc3c(c2)[C@H]2C=CC[C@H]2[C@@H](c2ccc(OC(C)C)cc2)N3)cc1C. The molecule has 6 heteroatoms. The Bertz CT molecular complexity index is 1380. The molecule has 35 heavy (non-hydrogen) atoms. The Morgan fingerprint density at radius 3 is 2.46 bits per heavy atom. The highest BCUT2D eigenvalue weighted by atomic mass is 32.2. The standard InChI is InChI=1S/C29H32N2O3S/c1-18(2)34-23-12-9-21(10-13-23)29-26-7-5-6-25(26)27-17-24(14-15-28(27)30-29)35(32,33)31-22-11-8-19(3)20(4)16-22/h5-6,8-18,25-26,29-31H,7H2,1-4H3/t25-,26+,29+/m0/s1. The van der Waals surface area contributed by atoms with E-state index < -0.39 is 10.0 Å². The van der Waals surface area contributed by atoms with Crippen LogP contribution < -0.4 is 14.8 Å². The molecule has 5 nitrogen and oxygen atoms in total. The fourth-order valence-electron chi connectivity index (χ4n) is 5.11. The van der Waals surface area contributed by atoms with Gasteiger partial charge in [-0.1, -0.05) is 30.4 Å².